The highest BCUT2D eigenvalue weighted by Crippen LogP contribution is 2.32. The van der Waals surface area contributed by atoms with Crippen LogP contribution in [0.2, 0.25) is 0 Å². The van der Waals surface area contributed by atoms with E-state index in [1.807, 2.05) is 13.0 Å². The molecule has 0 aliphatic heterocycles. The van der Waals surface area contributed by atoms with E-state index in [9.17, 15) is 4.79 Å². The maximum atomic E-state index is 13.2. The van der Waals surface area contributed by atoms with Gasteiger partial charge in [-0.3, -0.25) is 9.69 Å². The monoisotopic (exact) mass is 484 g/mol. The molecule has 0 amide bonds. The van der Waals surface area contributed by atoms with E-state index < -0.39 is 0 Å². The topological polar surface area (TPSA) is 79.7 Å². The summed E-state index contributed by atoms with van der Waals surface area (Å²) in [6.07, 6.45) is 6.82. The summed E-state index contributed by atoms with van der Waals surface area (Å²) in [5.41, 5.74) is 5.13. The van der Waals surface area contributed by atoms with Crippen molar-refractivity contribution in [2.24, 2.45) is 0 Å². The predicted molar refractivity (Wildman–Crippen MR) is 143 cm³/mol. The molecular weight excluding hydrogens is 448 g/mol. The molecule has 1 aliphatic carbocycles. The Balaban J connectivity index is 1.53. The largest absolute Gasteiger partial charge is 0.321 e. The van der Waals surface area contributed by atoms with Gasteiger partial charge in [0.25, 0.3) is 5.56 Å². The normalized spacial score (nSPS) is 15.6. The molecule has 7 nitrogen and oxygen atoms in total. The Morgan fingerprint density at radius 1 is 1.06 bits per heavy atom. The van der Waals surface area contributed by atoms with E-state index in [2.05, 4.69) is 86.4 Å². The summed E-state index contributed by atoms with van der Waals surface area (Å²) < 4.78 is 2.07. The zero-order valence-corrected chi connectivity index (χ0v) is 21.6. The van der Waals surface area contributed by atoms with Crippen molar-refractivity contribution in [1.29, 1.82) is 0 Å². The van der Waals surface area contributed by atoms with E-state index in [0.717, 1.165) is 47.1 Å². The van der Waals surface area contributed by atoms with Crippen LogP contribution in [0.25, 0.3) is 10.9 Å². The van der Waals surface area contributed by atoms with Gasteiger partial charge in [-0.05, 0) is 72.2 Å². The molecule has 7 heteroatoms. The van der Waals surface area contributed by atoms with Crippen molar-refractivity contribution >= 4 is 10.9 Å². The average Bonchev–Trinajstić information content (AvgIpc) is 3.36. The Morgan fingerprint density at radius 3 is 2.58 bits per heavy atom. The minimum atomic E-state index is -0.0331. The smallest absolute Gasteiger partial charge is 0.252 e. The van der Waals surface area contributed by atoms with Gasteiger partial charge in [0.05, 0.1) is 17.6 Å². The van der Waals surface area contributed by atoms with Crippen LogP contribution in [0, 0.1) is 13.8 Å². The van der Waals surface area contributed by atoms with E-state index in [-0.39, 0.29) is 11.6 Å². The summed E-state index contributed by atoms with van der Waals surface area (Å²) in [6, 6.07) is 17.1. The fraction of sp³-hybridized carbons (Fsp3) is 0.448. The third-order valence-corrected chi connectivity index (χ3v) is 7.54. The molecule has 0 radical (unpaired) electrons. The maximum absolute atomic E-state index is 13.2. The number of hydrogen-bond acceptors (Lipinski definition) is 5. The lowest BCUT2D eigenvalue weighted by molar-refractivity contribution is 0.155. The molecule has 0 bridgehead atoms. The Morgan fingerprint density at radius 2 is 1.83 bits per heavy atom. The Labute approximate surface area is 212 Å². The van der Waals surface area contributed by atoms with E-state index in [4.69, 9.17) is 0 Å². The minimum Gasteiger partial charge on any atom is -0.321 e. The second-order valence-corrected chi connectivity index (χ2v) is 10.3. The zero-order chi connectivity index (χ0) is 25.1. The Hall–Kier alpha value is -3.32. The number of fused-ring (bicyclic) bond motifs is 1. The molecule has 1 N–H and O–H groups in total. The summed E-state index contributed by atoms with van der Waals surface area (Å²) in [4.78, 5) is 18.8. The van der Waals surface area contributed by atoms with Crippen molar-refractivity contribution in [3.05, 3.63) is 87.0 Å². The average molecular weight is 485 g/mol. The summed E-state index contributed by atoms with van der Waals surface area (Å²) in [5, 5.41) is 14.2. The van der Waals surface area contributed by atoms with Crippen molar-refractivity contribution in [2.75, 3.05) is 0 Å². The highest BCUT2D eigenvalue weighted by molar-refractivity contribution is 5.82. The van der Waals surface area contributed by atoms with Crippen LogP contribution in [0.15, 0.2) is 53.3 Å². The fourth-order valence-corrected chi connectivity index (χ4v) is 5.77. The van der Waals surface area contributed by atoms with E-state index in [0.29, 0.717) is 19.1 Å². The number of nitrogens with zero attached hydrogens (tertiary/aromatic N) is 5. The third kappa shape index (κ3) is 5.12. The molecule has 2 aromatic heterocycles. The molecule has 36 heavy (non-hydrogen) atoms. The zero-order valence-electron chi connectivity index (χ0n) is 21.6. The number of aryl methyl sites for hydroxylation is 2. The number of H-pyrrole nitrogens is 1. The lowest BCUT2D eigenvalue weighted by Crippen LogP contribution is -2.33. The van der Waals surface area contributed by atoms with Crippen LogP contribution in [-0.4, -0.2) is 30.1 Å². The van der Waals surface area contributed by atoms with Crippen LogP contribution >= 0.6 is 0 Å². The van der Waals surface area contributed by atoms with Crippen molar-refractivity contribution in [3.63, 3.8) is 0 Å². The van der Waals surface area contributed by atoms with Gasteiger partial charge in [-0.2, -0.15) is 0 Å². The molecule has 4 aromatic rings. The van der Waals surface area contributed by atoms with Gasteiger partial charge in [0, 0.05) is 18.7 Å². The van der Waals surface area contributed by atoms with Gasteiger partial charge < -0.3 is 4.98 Å². The van der Waals surface area contributed by atoms with E-state index in [1.54, 1.807) is 0 Å². The van der Waals surface area contributed by atoms with Crippen LogP contribution < -0.4 is 5.56 Å². The molecule has 5 rings (SSSR count). The van der Waals surface area contributed by atoms with Crippen LogP contribution in [0.5, 0.6) is 0 Å². The van der Waals surface area contributed by atoms with Gasteiger partial charge in [0.2, 0.25) is 0 Å². The number of hydrogen-bond donors (Lipinski definition) is 1. The molecule has 0 unspecified atom stereocenters. The van der Waals surface area contributed by atoms with Gasteiger partial charge in [0.1, 0.15) is 0 Å². The van der Waals surface area contributed by atoms with Gasteiger partial charge in [-0.1, -0.05) is 68.1 Å². The summed E-state index contributed by atoms with van der Waals surface area (Å²) in [5.74, 6) is 0.907. The van der Waals surface area contributed by atoms with Crippen molar-refractivity contribution in [2.45, 2.75) is 84.5 Å². The molecule has 1 atom stereocenters. The van der Waals surface area contributed by atoms with Gasteiger partial charge in [-0.25, -0.2) is 4.68 Å². The van der Waals surface area contributed by atoms with E-state index >= 15 is 0 Å². The molecule has 0 saturated heterocycles. The highest BCUT2D eigenvalue weighted by atomic mass is 16.1. The van der Waals surface area contributed by atoms with Crippen LogP contribution in [0.3, 0.4) is 0 Å². The number of tetrazole rings is 1. The van der Waals surface area contributed by atoms with Crippen molar-refractivity contribution < 1.29 is 0 Å². The lowest BCUT2D eigenvalue weighted by atomic mass is 9.95. The predicted octanol–water partition coefficient (Wildman–Crippen LogP) is 5.79. The molecule has 1 fully saturated rings. The standard InChI is InChI=1S/C29H36N6O/c1-4-26(28-31-32-33-35(28)25-13-9-6-10-14-25)34(18-22-11-7-5-8-12-22)19-24-17-23-16-20(2)15-21(3)27(23)30-29(24)36/h5,7-8,11-12,15-17,25-26H,4,6,9-10,13-14,18-19H2,1-3H3,(H,30,36)/t26-/m1/s1. The first-order valence-corrected chi connectivity index (χ1v) is 13.2. The quantitative estimate of drug-likeness (QED) is 0.342. The van der Waals surface area contributed by atoms with Crippen LogP contribution in [0.1, 0.15) is 85.6 Å². The second kappa shape index (κ2) is 10.7. The Kier molecular flexibility index (Phi) is 7.28. The SMILES string of the molecule is CC[C@H](c1nnnn1C1CCCCC1)N(Cc1ccccc1)Cc1cc2cc(C)cc(C)c2[nH]c1=O. The van der Waals surface area contributed by atoms with Gasteiger partial charge in [-0.15, -0.1) is 5.10 Å². The lowest BCUT2D eigenvalue weighted by Gasteiger charge is -2.32. The number of benzene rings is 2. The summed E-state index contributed by atoms with van der Waals surface area (Å²) in [6.45, 7) is 7.55. The van der Waals surface area contributed by atoms with Crippen molar-refractivity contribution in [1.82, 2.24) is 30.1 Å². The van der Waals surface area contributed by atoms with Crippen LogP contribution in [0.4, 0.5) is 0 Å². The summed E-state index contributed by atoms with van der Waals surface area (Å²) in [7, 11) is 0. The minimum absolute atomic E-state index is 0.00326. The maximum Gasteiger partial charge on any atom is 0.252 e. The third-order valence-electron chi connectivity index (χ3n) is 7.54. The molecule has 0 spiro atoms. The first kappa shape index (κ1) is 24.4. The molecule has 2 heterocycles. The fourth-order valence-electron chi connectivity index (χ4n) is 5.77. The number of aromatic nitrogens is 5. The summed E-state index contributed by atoms with van der Waals surface area (Å²) >= 11 is 0. The molecule has 2 aromatic carbocycles. The van der Waals surface area contributed by atoms with Crippen LogP contribution in [-0.2, 0) is 13.1 Å². The molecular formula is C29H36N6O. The number of nitrogens with one attached hydrogen (secondary N) is 1. The second-order valence-electron chi connectivity index (χ2n) is 10.3. The molecule has 1 saturated carbocycles. The van der Waals surface area contributed by atoms with Gasteiger partial charge >= 0.3 is 0 Å². The number of aromatic amines is 1. The first-order valence-electron chi connectivity index (χ1n) is 13.2. The number of pyridine rings is 1. The molecule has 188 valence electrons. The van der Waals surface area contributed by atoms with Gasteiger partial charge in [0.15, 0.2) is 5.82 Å². The highest BCUT2D eigenvalue weighted by Gasteiger charge is 2.29. The first-order chi connectivity index (χ1) is 17.5. The Bertz CT molecular complexity index is 1370. The number of rotatable bonds is 8. The van der Waals surface area contributed by atoms with Crippen molar-refractivity contribution in [3.8, 4) is 0 Å². The molecule has 1 aliphatic rings. The van der Waals surface area contributed by atoms with E-state index in [1.165, 1.54) is 30.4 Å².